The van der Waals surface area contributed by atoms with E-state index in [0.29, 0.717) is 12.8 Å². The first kappa shape index (κ1) is 51.7. The molecule has 0 saturated heterocycles. The van der Waals surface area contributed by atoms with Gasteiger partial charge >= 0.3 is 0 Å². The lowest BCUT2D eigenvalue weighted by Gasteiger charge is -2.63. The second-order valence-electron chi connectivity index (χ2n) is 17.8. The van der Waals surface area contributed by atoms with E-state index in [1.807, 2.05) is 0 Å². The summed E-state index contributed by atoms with van der Waals surface area (Å²) in [7, 11) is 0. The van der Waals surface area contributed by atoms with Gasteiger partial charge in [-0.25, -0.2) is 0 Å². The van der Waals surface area contributed by atoms with Crippen LogP contribution in [0.2, 0.25) is 0 Å². The van der Waals surface area contributed by atoms with E-state index in [2.05, 4.69) is 0 Å². The molecule has 0 bridgehead atoms. The number of aliphatic hydroxyl groups excluding tert-OH is 8. The quantitative estimate of drug-likeness (QED) is 0.121. The van der Waals surface area contributed by atoms with Crippen molar-refractivity contribution in [3.63, 3.8) is 0 Å². The first-order chi connectivity index (χ1) is 26.4. The highest BCUT2D eigenvalue weighted by Gasteiger charge is 2.68. The molecule has 0 aromatic rings. The normalized spacial score (nSPS) is 24.4. The van der Waals surface area contributed by atoms with Gasteiger partial charge in [-0.05, 0) is 12.8 Å². The number of hydrogen-bond donors (Lipinski definition) is 8. The summed E-state index contributed by atoms with van der Waals surface area (Å²) in [5.41, 5.74) is -6.50. The van der Waals surface area contributed by atoms with Crippen LogP contribution in [0.1, 0.15) is 218 Å². The molecular weight excluding hydrogens is 680 g/mol. The number of aliphatic hydroxyl groups is 8. The molecule has 0 radical (unpaired) electrons. The standard InChI is InChI=1S/C46H92O8/c47-35-43(36-48)33-31-29-27-25-23-21-19-17-15-13-11-9-7-5-3-1-2-4-6-8-10-12-14-16-18-20-22-24-26-28-30-32-34-44(37-49,38-50)46(41-53,42-54)45(43,39-51)40-52/h47-54H,1-42H2. The lowest BCUT2D eigenvalue weighted by molar-refractivity contribution is -0.268. The number of rotatable bonds is 8. The summed E-state index contributed by atoms with van der Waals surface area (Å²) < 4.78 is 0. The molecule has 1 saturated carbocycles. The fourth-order valence-electron chi connectivity index (χ4n) is 10.1. The second-order valence-corrected chi connectivity index (χ2v) is 17.8. The Bertz CT molecular complexity index is 741. The van der Waals surface area contributed by atoms with E-state index in [4.69, 9.17) is 0 Å². The van der Waals surface area contributed by atoms with E-state index < -0.39 is 74.5 Å². The van der Waals surface area contributed by atoms with Gasteiger partial charge in [0.2, 0.25) is 0 Å². The molecule has 8 heteroatoms. The van der Waals surface area contributed by atoms with Crippen molar-refractivity contribution in [2.75, 3.05) is 52.9 Å². The maximum Gasteiger partial charge on any atom is 0.0523 e. The maximum atomic E-state index is 11.1. The van der Waals surface area contributed by atoms with Crippen molar-refractivity contribution in [3.05, 3.63) is 0 Å². The smallest absolute Gasteiger partial charge is 0.0523 e. The molecule has 8 nitrogen and oxygen atoms in total. The third-order valence-corrected chi connectivity index (χ3v) is 14.3. The molecule has 0 spiro atoms. The summed E-state index contributed by atoms with van der Waals surface area (Å²) in [6.07, 6.45) is 39.8. The third-order valence-electron chi connectivity index (χ3n) is 14.3. The topological polar surface area (TPSA) is 162 Å². The summed E-state index contributed by atoms with van der Waals surface area (Å²) in [4.78, 5) is 0. The van der Waals surface area contributed by atoms with Crippen molar-refractivity contribution in [1.82, 2.24) is 0 Å². The lowest BCUT2D eigenvalue weighted by Crippen LogP contribution is -2.70. The highest BCUT2D eigenvalue weighted by atomic mass is 16.3. The van der Waals surface area contributed by atoms with E-state index in [-0.39, 0.29) is 12.8 Å². The van der Waals surface area contributed by atoms with E-state index in [0.717, 1.165) is 38.5 Å². The summed E-state index contributed by atoms with van der Waals surface area (Å²) in [5.74, 6) is 0. The molecule has 0 aromatic heterocycles. The van der Waals surface area contributed by atoms with E-state index >= 15 is 0 Å². The average Bonchev–Trinajstić information content (AvgIpc) is 3.20. The molecule has 324 valence electrons. The van der Waals surface area contributed by atoms with Crippen LogP contribution in [-0.4, -0.2) is 93.7 Å². The monoisotopic (exact) mass is 773 g/mol. The zero-order chi connectivity index (χ0) is 39.7. The molecule has 1 fully saturated rings. The van der Waals surface area contributed by atoms with Gasteiger partial charge in [0.1, 0.15) is 0 Å². The highest BCUT2D eigenvalue weighted by molar-refractivity contribution is 5.14. The molecule has 0 amide bonds. The van der Waals surface area contributed by atoms with Gasteiger partial charge in [0, 0.05) is 21.7 Å². The van der Waals surface area contributed by atoms with Crippen molar-refractivity contribution in [2.45, 2.75) is 218 Å². The van der Waals surface area contributed by atoms with Crippen LogP contribution in [0, 0.1) is 21.7 Å². The van der Waals surface area contributed by atoms with Gasteiger partial charge in [0.05, 0.1) is 52.9 Å². The summed E-state index contributed by atoms with van der Waals surface area (Å²) in [5, 5.41) is 88.0. The molecule has 54 heavy (non-hydrogen) atoms. The Kier molecular flexibility index (Phi) is 31.2. The fraction of sp³-hybridized carbons (Fsp3) is 1.00. The molecule has 1 aliphatic carbocycles. The van der Waals surface area contributed by atoms with Crippen molar-refractivity contribution in [2.24, 2.45) is 21.7 Å². The molecule has 1 rings (SSSR count). The minimum Gasteiger partial charge on any atom is -0.396 e. The van der Waals surface area contributed by atoms with Gasteiger partial charge in [-0.3, -0.25) is 0 Å². The molecule has 0 atom stereocenters. The van der Waals surface area contributed by atoms with Crippen LogP contribution in [0.15, 0.2) is 0 Å². The van der Waals surface area contributed by atoms with Gasteiger partial charge in [-0.15, -0.1) is 0 Å². The lowest BCUT2D eigenvalue weighted by atomic mass is 9.42. The first-order valence-electron chi connectivity index (χ1n) is 23.3. The van der Waals surface area contributed by atoms with Crippen molar-refractivity contribution < 1.29 is 40.9 Å². The Morgan fingerprint density at radius 1 is 0.185 bits per heavy atom. The summed E-state index contributed by atoms with van der Waals surface area (Å²) in [6.45, 7) is -5.31. The van der Waals surface area contributed by atoms with E-state index in [9.17, 15) is 40.9 Å². The summed E-state index contributed by atoms with van der Waals surface area (Å²) in [6, 6.07) is 0. The zero-order valence-corrected chi connectivity index (χ0v) is 35.3. The van der Waals surface area contributed by atoms with Crippen LogP contribution < -0.4 is 0 Å². The van der Waals surface area contributed by atoms with Crippen LogP contribution in [0.3, 0.4) is 0 Å². The molecule has 8 N–H and O–H groups in total. The molecule has 0 aliphatic heterocycles. The molecule has 1 aliphatic rings. The molecule has 0 unspecified atom stereocenters. The average molecular weight is 773 g/mol. The second kappa shape index (κ2) is 32.6. The SMILES string of the molecule is OCC1(CO)CCCCCCCCCCCCCCCCCCCCCCCCCCCCCCCCCCC(CO)(CO)C(CO)(CO)C1(CO)CO. The Labute approximate surface area is 333 Å². The van der Waals surface area contributed by atoms with Crippen LogP contribution >= 0.6 is 0 Å². The predicted molar refractivity (Wildman–Crippen MR) is 223 cm³/mol. The minimum absolute atomic E-state index is 0.260. The van der Waals surface area contributed by atoms with E-state index in [1.54, 1.807) is 0 Å². The minimum atomic E-state index is -1.79. The third kappa shape index (κ3) is 16.5. The summed E-state index contributed by atoms with van der Waals surface area (Å²) >= 11 is 0. The Hall–Kier alpha value is -0.320. The fourth-order valence-corrected chi connectivity index (χ4v) is 10.1. The van der Waals surface area contributed by atoms with Gasteiger partial charge in [0.25, 0.3) is 0 Å². The Balaban J connectivity index is 2.92. The van der Waals surface area contributed by atoms with Gasteiger partial charge in [-0.2, -0.15) is 0 Å². The van der Waals surface area contributed by atoms with Gasteiger partial charge in [0.15, 0.2) is 0 Å². The predicted octanol–water partition coefficient (Wildman–Crippen LogP) is 9.15. The van der Waals surface area contributed by atoms with Gasteiger partial charge < -0.3 is 40.9 Å². The van der Waals surface area contributed by atoms with Crippen LogP contribution in [0.4, 0.5) is 0 Å². The van der Waals surface area contributed by atoms with Crippen molar-refractivity contribution in [3.8, 4) is 0 Å². The Morgan fingerprint density at radius 3 is 0.426 bits per heavy atom. The first-order valence-corrected chi connectivity index (χ1v) is 23.3. The molecule has 0 aromatic carbocycles. The Morgan fingerprint density at radius 2 is 0.315 bits per heavy atom. The maximum absolute atomic E-state index is 11.1. The van der Waals surface area contributed by atoms with Gasteiger partial charge in [-0.1, -0.05) is 205 Å². The number of hydrogen-bond acceptors (Lipinski definition) is 8. The zero-order valence-electron chi connectivity index (χ0n) is 35.3. The van der Waals surface area contributed by atoms with Crippen LogP contribution in [0.25, 0.3) is 0 Å². The highest BCUT2D eigenvalue weighted by Crippen LogP contribution is 2.62. The van der Waals surface area contributed by atoms with Crippen LogP contribution in [0.5, 0.6) is 0 Å². The van der Waals surface area contributed by atoms with Crippen LogP contribution in [-0.2, 0) is 0 Å². The molecule has 0 heterocycles. The largest absolute Gasteiger partial charge is 0.396 e. The molecular formula is C46H92O8. The van der Waals surface area contributed by atoms with Crippen molar-refractivity contribution >= 4 is 0 Å². The van der Waals surface area contributed by atoms with Crippen molar-refractivity contribution in [1.29, 1.82) is 0 Å². The van der Waals surface area contributed by atoms with E-state index in [1.165, 1.54) is 154 Å².